The highest BCUT2D eigenvalue weighted by Gasteiger charge is 2.28. The number of nitrogens with zero attached hydrogens (tertiary/aromatic N) is 1. The van der Waals surface area contributed by atoms with E-state index >= 15 is 0 Å². The van der Waals surface area contributed by atoms with Crippen LogP contribution in [0.5, 0.6) is 5.75 Å². The zero-order chi connectivity index (χ0) is 19.6. The van der Waals surface area contributed by atoms with Crippen molar-refractivity contribution in [2.24, 2.45) is 5.92 Å². The zero-order valence-corrected chi connectivity index (χ0v) is 17.5. The van der Waals surface area contributed by atoms with E-state index in [9.17, 15) is 0 Å². The lowest BCUT2D eigenvalue weighted by atomic mass is 9.90. The maximum absolute atomic E-state index is 6.22. The van der Waals surface area contributed by atoms with Crippen molar-refractivity contribution in [2.75, 3.05) is 33.4 Å². The van der Waals surface area contributed by atoms with Gasteiger partial charge in [0.2, 0.25) is 0 Å². The van der Waals surface area contributed by atoms with Crippen LogP contribution in [0.1, 0.15) is 39.0 Å². The summed E-state index contributed by atoms with van der Waals surface area (Å²) in [6.07, 6.45) is 6.48. The summed E-state index contributed by atoms with van der Waals surface area (Å²) in [6.45, 7) is 6.46. The van der Waals surface area contributed by atoms with Crippen LogP contribution in [-0.4, -0.2) is 44.4 Å². The molecule has 2 aromatic carbocycles. The van der Waals surface area contributed by atoms with Crippen LogP contribution in [0, 0.1) is 5.92 Å². The first-order valence-corrected chi connectivity index (χ1v) is 10.8. The van der Waals surface area contributed by atoms with Gasteiger partial charge in [-0.1, -0.05) is 68.3 Å². The molecule has 1 fully saturated rings. The predicted octanol–water partition coefficient (Wildman–Crippen LogP) is 5.65. The number of methoxy groups -OCH3 is 1. The summed E-state index contributed by atoms with van der Waals surface area (Å²) in [5.74, 6) is 1.55. The molecule has 0 spiro atoms. The molecule has 1 aliphatic heterocycles. The first-order chi connectivity index (χ1) is 13.8. The number of rotatable bonds is 10. The Balaban J connectivity index is 1.51. The fraction of sp³-hybridized carbons (Fsp3) is 0.520. The summed E-state index contributed by atoms with van der Waals surface area (Å²) in [5, 5.41) is 0. The minimum Gasteiger partial charge on any atom is -0.493 e. The smallest absolute Gasteiger partial charge is 0.127 e. The van der Waals surface area contributed by atoms with Gasteiger partial charge in [0, 0.05) is 19.2 Å². The molecule has 3 nitrogen and oxygen atoms in total. The second-order valence-corrected chi connectivity index (χ2v) is 7.83. The SMILES string of the molecule is CCCCCN1CC[C@H](CCOc2ccccc2-c2ccccc2)[C@H](OC)C1. The molecule has 0 aliphatic carbocycles. The van der Waals surface area contributed by atoms with E-state index in [0.717, 1.165) is 30.9 Å². The van der Waals surface area contributed by atoms with Crippen molar-refractivity contribution in [2.45, 2.75) is 45.1 Å². The number of hydrogen-bond donors (Lipinski definition) is 0. The van der Waals surface area contributed by atoms with Crippen LogP contribution in [0.2, 0.25) is 0 Å². The van der Waals surface area contributed by atoms with E-state index in [0.29, 0.717) is 12.0 Å². The van der Waals surface area contributed by atoms with E-state index in [2.05, 4.69) is 60.4 Å². The number of hydrogen-bond acceptors (Lipinski definition) is 3. The summed E-state index contributed by atoms with van der Waals surface area (Å²) in [4.78, 5) is 2.58. The highest BCUT2D eigenvalue weighted by Crippen LogP contribution is 2.30. The van der Waals surface area contributed by atoms with Crippen molar-refractivity contribution in [3.05, 3.63) is 54.6 Å². The molecule has 1 heterocycles. The minimum atomic E-state index is 0.323. The fourth-order valence-corrected chi connectivity index (χ4v) is 4.18. The molecule has 0 N–H and O–H groups in total. The van der Waals surface area contributed by atoms with Crippen LogP contribution in [0.15, 0.2) is 54.6 Å². The van der Waals surface area contributed by atoms with Crippen molar-refractivity contribution in [3.63, 3.8) is 0 Å². The monoisotopic (exact) mass is 381 g/mol. The molecule has 3 heteroatoms. The highest BCUT2D eigenvalue weighted by atomic mass is 16.5. The van der Waals surface area contributed by atoms with E-state index in [4.69, 9.17) is 9.47 Å². The van der Waals surface area contributed by atoms with Crippen LogP contribution in [0.4, 0.5) is 0 Å². The van der Waals surface area contributed by atoms with Gasteiger partial charge in [-0.3, -0.25) is 0 Å². The van der Waals surface area contributed by atoms with Crippen LogP contribution in [0.3, 0.4) is 0 Å². The zero-order valence-electron chi connectivity index (χ0n) is 17.5. The number of piperidine rings is 1. The number of unbranched alkanes of at least 4 members (excludes halogenated alkanes) is 2. The summed E-state index contributed by atoms with van der Waals surface area (Å²) >= 11 is 0. The molecular formula is C25H35NO2. The van der Waals surface area contributed by atoms with Crippen molar-refractivity contribution in [3.8, 4) is 16.9 Å². The van der Waals surface area contributed by atoms with Gasteiger partial charge < -0.3 is 14.4 Å². The van der Waals surface area contributed by atoms with Crippen LogP contribution in [-0.2, 0) is 4.74 Å². The third kappa shape index (κ3) is 5.83. The van der Waals surface area contributed by atoms with Crippen molar-refractivity contribution in [1.29, 1.82) is 0 Å². The average molecular weight is 382 g/mol. The van der Waals surface area contributed by atoms with Gasteiger partial charge in [0.1, 0.15) is 5.75 Å². The van der Waals surface area contributed by atoms with Crippen molar-refractivity contribution in [1.82, 2.24) is 4.90 Å². The minimum absolute atomic E-state index is 0.323. The Bertz CT molecular complexity index is 688. The summed E-state index contributed by atoms with van der Waals surface area (Å²) in [7, 11) is 1.86. The Morgan fingerprint density at radius 3 is 2.57 bits per heavy atom. The van der Waals surface area contributed by atoms with E-state index in [1.54, 1.807) is 0 Å². The molecule has 2 atom stereocenters. The van der Waals surface area contributed by atoms with E-state index in [-0.39, 0.29) is 0 Å². The molecule has 1 saturated heterocycles. The third-order valence-corrected chi connectivity index (χ3v) is 5.88. The Kier molecular flexibility index (Phi) is 8.38. The molecule has 28 heavy (non-hydrogen) atoms. The Labute approximate surface area is 170 Å². The third-order valence-electron chi connectivity index (χ3n) is 5.88. The first-order valence-electron chi connectivity index (χ1n) is 10.8. The van der Waals surface area contributed by atoms with Gasteiger partial charge in [0.15, 0.2) is 0 Å². The molecule has 1 aliphatic rings. The molecule has 2 aromatic rings. The summed E-state index contributed by atoms with van der Waals surface area (Å²) in [6, 6.07) is 18.8. The number of benzene rings is 2. The van der Waals surface area contributed by atoms with E-state index < -0.39 is 0 Å². The quantitative estimate of drug-likeness (QED) is 0.496. The molecule has 0 saturated carbocycles. The average Bonchev–Trinajstić information content (AvgIpc) is 2.75. The Hall–Kier alpha value is -1.84. The lowest BCUT2D eigenvalue weighted by Gasteiger charge is -2.37. The maximum atomic E-state index is 6.22. The highest BCUT2D eigenvalue weighted by molar-refractivity contribution is 5.70. The predicted molar refractivity (Wildman–Crippen MR) is 117 cm³/mol. The number of ether oxygens (including phenoxy) is 2. The lowest BCUT2D eigenvalue weighted by molar-refractivity contribution is -0.0179. The molecule has 0 unspecified atom stereocenters. The van der Waals surface area contributed by atoms with Gasteiger partial charge in [0.25, 0.3) is 0 Å². The maximum Gasteiger partial charge on any atom is 0.127 e. The second-order valence-electron chi connectivity index (χ2n) is 7.83. The first kappa shape index (κ1) is 20.9. The molecule has 0 radical (unpaired) electrons. The molecule has 152 valence electrons. The van der Waals surface area contributed by atoms with Gasteiger partial charge in [-0.25, -0.2) is 0 Å². The largest absolute Gasteiger partial charge is 0.493 e. The molecular weight excluding hydrogens is 346 g/mol. The standard InChI is InChI=1S/C25H35NO2/c1-3-4-10-17-26-18-15-22(25(20-26)27-2)16-19-28-24-14-9-8-13-23(24)21-11-6-5-7-12-21/h5-9,11-14,22,25H,3-4,10,15-20H2,1-2H3/t22-,25-/m1/s1. The topological polar surface area (TPSA) is 21.7 Å². The Morgan fingerprint density at radius 1 is 1.00 bits per heavy atom. The van der Waals surface area contributed by atoms with Gasteiger partial charge >= 0.3 is 0 Å². The molecule has 3 rings (SSSR count). The normalized spacial score (nSPS) is 20.2. The van der Waals surface area contributed by atoms with Gasteiger partial charge in [-0.05, 0) is 49.9 Å². The van der Waals surface area contributed by atoms with Gasteiger partial charge in [-0.15, -0.1) is 0 Å². The summed E-state index contributed by atoms with van der Waals surface area (Å²) < 4.78 is 12.1. The fourth-order valence-electron chi connectivity index (χ4n) is 4.18. The van der Waals surface area contributed by atoms with Crippen LogP contribution < -0.4 is 4.74 Å². The number of likely N-dealkylation sites (tertiary alicyclic amines) is 1. The summed E-state index contributed by atoms with van der Waals surface area (Å²) in [5.41, 5.74) is 2.37. The van der Waals surface area contributed by atoms with E-state index in [1.807, 2.05) is 13.2 Å². The van der Waals surface area contributed by atoms with Gasteiger partial charge in [-0.2, -0.15) is 0 Å². The molecule has 0 bridgehead atoms. The van der Waals surface area contributed by atoms with Crippen molar-refractivity contribution >= 4 is 0 Å². The van der Waals surface area contributed by atoms with Crippen molar-refractivity contribution < 1.29 is 9.47 Å². The van der Waals surface area contributed by atoms with Crippen LogP contribution >= 0.6 is 0 Å². The Morgan fingerprint density at radius 2 is 1.79 bits per heavy atom. The second kappa shape index (κ2) is 11.2. The lowest BCUT2D eigenvalue weighted by Crippen LogP contribution is -2.45. The molecule has 0 amide bonds. The van der Waals surface area contributed by atoms with Gasteiger partial charge in [0.05, 0.1) is 12.7 Å². The van der Waals surface area contributed by atoms with E-state index in [1.165, 1.54) is 44.3 Å². The van der Waals surface area contributed by atoms with Crippen LogP contribution in [0.25, 0.3) is 11.1 Å². The molecule has 0 aromatic heterocycles. The number of para-hydroxylation sites is 1.